The number of hydrogen-bond acceptors (Lipinski definition) is 2. The van der Waals surface area contributed by atoms with Crippen molar-refractivity contribution >= 4 is 0 Å². The zero-order valence-corrected chi connectivity index (χ0v) is 9.08. The summed E-state index contributed by atoms with van der Waals surface area (Å²) in [6.07, 6.45) is 2.39. The Hall–Kier alpha value is -1.75. The number of hydrogen-bond donors (Lipinski definition) is 1. The Balaban J connectivity index is 2.19. The molecule has 1 N–H and O–H groups in total. The Bertz CT molecular complexity index is 543. The third kappa shape index (κ3) is 1.63. The second-order valence-electron chi connectivity index (χ2n) is 4.03. The molecule has 17 heavy (non-hydrogen) atoms. The number of aromatic nitrogens is 2. The Morgan fingerprint density at radius 1 is 1.24 bits per heavy atom. The molecule has 1 aromatic carbocycles. The van der Waals surface area contributed by atoms with E-state index in [1.54, 1.807) is 6.20 Å². The van der Waals surface area contributed by atoms with Gasteiger partial charge in [0.25, 0.3) is 0 Å². The Morgan fingerprint density at radius 2 is 2.00 bits per heavy atom. The monoisotopic (exact) mass is 235 g/mol. The molecule has 5 heteroatoms. The van der Waals surface area contributed by atoms with E-state index in [4.69, 9.17) is 0 Å². The van der Waals surface area contributed by atoms with Gasteiger partial charge in [-0.25, -0.2) is 13.5 Å². The van der Waals surface area contributed by atoms with E-state index in [1.165, 1.54) is 22.9 Å². The lowest BCUT2D eigenvalue weighted by Gasteiger charge is -2.15. The number of halogens is 2. The first kappa shape index (κ1) is 10.4. The molecule has 0 saturated heterocycles. The van der Waals surface area contributed by atoms with Crippen molar-refractivity contribution in [1.29, 1.82) is 0 Å². The van der Waals surface area contributed by atoms with Crippen LogP contribution in [0.15, 0.2) is 24.4 Å². The third-order valence-electron chi connectivity index (χ3n) is 2.96. The fraction of sp³-hybridized carbons (Fsp3) is 0.250. The van der Waals surface area contributed by atoms with E-state index in [1.807, 2.05) is 0 Å². The fourth-order valence-electron chi connectivity index (χ4n) is 2.14. The van der Waals surface area contributed by atoms with Crippen LogP contribution in [0.4, 0.5) is 8.78 Å². The molecule has 0 unspecified atom stereocenters. The smallest absolute Gasteiger partial charge is 0.151 e. The first-order valence-corrected chi connectivity index (χ1v) is 5.48. The van der Waals surface area contributed by atoms with E-state index in [9.17, 15) is 8.78 Å². The molecular formula is C12H11F2N3. The summed E-state index contributed by atoms with van der Waals surface area (Å²) in [6.45, 7) is 1.50. The lowest BCUT2D eigenvalue weighted by molar-refractivity contribution is 0.548. The summed E-state index contributed by atoms with van der Waals surface area (Å²) in [5, 5.41) is 7.28. The van der Waals surface area contributed by atoms with Gasteiger partial charge in [-0.3, -0.25) is 0 Å². The second kappa shape index (κ2) is 3.92. The Labute approximate surface area is 97.1 Å². The van der Waals surface area contributed by atoms with Crippen molar-refractivity contribution in [3.63, 3.8) is 0 Å². The van der Waals surface area contributed by atoms with Gasteiger partial charge in [-0.2, -0.15) is 5.10 Å². The van der Waals surface area contributed by atoms with Crippen LogP contribution >= 0.6 is 0 Å². The van der Waals surface area contributed by atoms with E-state index in [0.29, 0.717) is 6.54 Å². The van der Waals surface area contributed by atoms with Crippen molar-refractivity contribution in [1.82, 2.24) is 15.1 Å². The van der Waals surface area contributed by atoms with Gasteiger partial charge in [0.2, 0.25) is 0 Å². The molecule has 0 spiro atoms. The molecule has 2 aromatic rings. The minimum atomic E-state index is -0.588. The minimum Gasteiger partial charge on any atom is -0.312 e. The number of nitrogens with one attached hydrogen (secondary N) is 1. The molecule has 2 heterocycles. The van der Waals surface area contributed by atoms with Gasteiger partial charge in [0, 0.05) is 25.1 Å². The summed E-state index contributed by atoms with van der Waals surface area (Å²) in [4.78, 5) is 0. The van der Waals surface area contributed by atoms with Crippen molar-refractivity contribution in [2.24, 2.45) is 0 Å². The van der Waals surface area contributed by atoms with Gasteiger partial charge >= 0.3 is 0 Å². The normalized spacial score (nSPS) is 14.7. The molecule has 0 radical (unpaired) electrons. The van der Waals surface area contributed by atoms with E-state index >= 15 is 0 Å². The van der Waals surface area contributed by atoms with Crippen LogP contribution < -0.4 is 5.32 Å². The molecule has 1 aromatic heterocycles. The maximum Gasteiger partial charge on any atom is 0.151 e. The molecule has 3 rings (SSSR count). The third-order valence-corrected chi connectivity index (χ3v) is 2.96. The van der Waals surface area contributed by atoms with Crippen LogP contribution in [-0.2, 0) is 13.0 Å². The minimum absolute atomic E-state index is 0.0874. The molecule has 0 aliphatic carbocycles. The van der Waals surface area contributed by atoms with Crippen molar-refractivity contribution in [3.8, 4) is 5.69 Å². The lowest BCUT2D eigenvalue weighted by atomic mass is 10.1. The van der Waals surface area contributed by atoms with Gasteiger partial charge in [-0.15, -0.1) is 0 Å². The molecule has 1 aliphatic heterocycles. The highest BCUT2D eigenvalue weighted by Gasteiger charge is 2.19. The molecule has 0 fully saturated rings. The van der Waals surface area contributed by atoms with Gasteiger partial charge in [0.05, 0.1) is 11.9 Å². The summed E-state index contributed by atoms with van der Waals surface area (Å²) in [5.41, 5.74) is 1.79. The van der Waals surface area contributed by atoms with E-state index in [-0.39, 0.29) is 5.69 Å². The van der Waals surface area contributed by atoms with Gasteiger partial charge in [0.15, 0.2) is 11.6 Å². The van der Waals surface area contributed by atoms with Crippen molar-refractivity contribution in [3.05, 3.63) is 47.3 Å². The number of fused-ring (bicyclic) bond motifs is 1. The SMILES string of the molecule is Fc1cccc(F)c1-n1ncc2c1CCNC2. The zero-order chi connectivity index (χ0) is 11.8. The van der Waals surface area contributed by atoms with Crippen LogP contribution in [0.1, 0.15) is 11.3 Å². The molecular weight excluding hydrogens is 224 g/mol. The number of para-hydroxylation sites is 1. The maximum absolute atomic E-state index is 13.7. The van der Waals surface area contributed by atoms with Gasteiger partial charge in [-0.05, 0) is 12.1 Å². The van der Waals surface area contributed by atoms with Gasteiger partial charge in [-0.1, -0.05) is 6.07 Å². The second-order valence-corrected chi connectivity index (χ2v) is 4.03. The zero-order valence-electron chi connectivity index (χ0n) is 9.08. The van der Waals surface area contributed by atoms with Crippen molar-refractivity contribution in [2.75, 3.05) is 6.54 Å². The predicted molar refractivity (Wildman–Crippen MR) is 58.9 cm³/mol. The lowest BCUT2D eigenvalue weighted by Crippen LogP contribution is -2.24. The quantitative estimate of drug-likeness (QED) is 0.816. The summed E-state index contributed by atoms with van der Waals surface area (Å²) in [7, 11) is 0. The highest BCUT2D eigenvalue weighted by Crippen LogP contribution is 2.22. The molecule has 0 atom stereocenters. The highest BCUT2D eigenvalue weighted by molar-refractivity contribution is 5.38. The number of benzene rings is 1. The van der Waals surface area contributed by atoms with Crippen LogP contribution in [0.2, 0.25) is 0 Å². The van der Waals surface area contributed by atoms with Crippen LogP contribution in [-0.4, -0.2) is 16.3 Å². The summed E-state index contributed by atoms with van der Waals surface area (Å²) >= 11 is 0. The molecule has 1 aliphatic rings. The van der Waals surface area contributed by atoms with Crippen LogP contribution in [0, 0.1) is 11.6 Å². The fourth-order valence-corrected chi connectivity index (χ4v) is 2.14. The summed E-state index contributed by atoms with van der Waals surface area (Å²) in [6, 6.07) is 3.84. The highest BCUT2D eigenvalue weighted by atomic mass is 19.1. The van der Waals surface area contributed by atoms with E-state index in [0.717, 1.165) is 24.2 Å². The Morgan fingerprint density at radius 3 is 2.76 bits per heavy atom. The van der Waals surface area contributed by atoms with Crippen molar-refractivity contribution < 1.29 is 8.78 Å². The molecule has 0 amide bonds. The predicted octanol–water partition coefficient (Wildman–Crippen LogP) is 1.80. The van der Waals surface area contributed by atoms with Crippen LogP contribution in [0.3, 0.4) is 0 Å². The van der Waals surface area contributed by atoms with Crippen LogP contribution in [0.5, 0.6) is 0 Å². The van der Waals surface area contributed by atoms with E-state index < -0.39 is 11.6 Å². The standard InChI is InChI=1S/C12H11F2N3/c13-9-2-1-3-10(14)12(9)17-11-4-5-15-6-8(11)7-16-17/h1-3,7,15H,4-6H2. The summed E-state index contributed by atoms with van der Waals surface area (Å²) in [5.74, 6) is -1.18. The number of nitrogens with zero attached hydrogens (tertiary/aromatic N) is 2. The largest absolute Gasteiger partial charge is 0.312 e. The van der Waals surface area contributed by atoms with Crippen LogP contribution in [0.25, 0.3) is 5.69 Å². The molecule has 0 saturated carbocycles. The first-order valence-electron chi connectivity index (χ1n) is 5.48. The van der Waals surface area contributed by atoms with Gasteiger partial charge < -0.3 is 5.32 Å². The maximum atomic E-state index is 13.7. The molecule has 0 bridgehead atoms. The average Bonchev–Trinajstić information content (AvgIpc) is 2.73. The molecule has 88 valence electrons. The Kier molecular flexibility index (Phi) is 2.40. The van der Waals surface area contributed by atoms with Gasteiger partial charge in [0.1, 0.15) is 5.69 Å². The average molecular weight is 235 g/mol. The topological polar surface area (TPSA) is 29.9 Å². The first-order chi connectivity index (χ1) is 8.27. The van der Waals surface area contributed by atoms with E-state index in [2.05, 4.69) is 10.4 Å². The molecule has 3 nitrogen and oxygen atoms in total. The summed E-state index contributed by atoms with van der Waals surface area (Å²) < 4.78 is 28.7. The number of rotatable bonds is 1. The van der Waals surface area contributed by atoms with Crippen molar-refractivity contribution in [2.45, 2.75) is 13.0 Å².